The zero-order valence-electron chi connectivity index (χ0n) is 45.9. The molecule has 1 saturated carbocycles. The van der Waals surface area contributed by atoms with E-state index in [1.165, 1.54) is 13.2 Å². The highest BCUT2D eigenvalue weighted by Crippen LogP contribution is 2.34. The largest absolute Gasteiger partial charge is 0.778 e. The number of nitrogens with one attached hydrogen (secondary N) is 1. The highest BCUT2D eigenvalue weighted by Gasteiger charge is 2.39. The Morgan fingerprint density at radius 3 is 2.17 bits per heavy atom. The van der Waals surface area contributed by atoms with Crippen LogP contribution in [-0.4, -0.2) is 144 Å². The number of rotatable bonds is 18. The van der Waals surface area contributed by atoms with Gasteiger partial charge in [0, 0.05) is 50.3 Å². The van der Waals surface area contributed by atoms with Crippen LogP contribution in [0.1, 0.15) is 67.4 Å². The molecule has 0 saturated heterocycles. The summed E-state index contributed by atoms with van der Waals surface area (Å²) < 4.78 is 60.3. The van der Waals surface area contributed by atoms with E-state index in [2.05, 4.69) is 41.5 Å². The number of nitro groups is 1. The topological polar surface area (TPSA) is 333 Å². The van der Waals surface area contributed by atoms with Crippen LogP contribution in [0.3, 0.4) is 0 Å². The van der Waals surface area contributed by atoms with E-state index in [1.54, 1.807) is 21.4 Å². The van der Waals surface area contributed by atoms with Crippen LogP contribution in [-0.2, 0) is 78.3 Å². The van der Waals surface area contributed by atoms with E-state index in [0.717, 1.165) is 89.7 Å². The number of methoxy groups -OCH3 is 2. The minimum absolute atomic E-state index is 0.0223. The average Bonchev–Trinajstić information content (AvgIpc) is 3.72. The molecule has 0 radical (unpaired) electrons. The molecular formula is C50H66Cl2FN6O17PS4. The molecule has 1 fully saturated rings. The number of benzene rings is 3. The third kappa shape index (κ3) is 23.6. The molecule has 2 atom stereocenters. The Bertz CT molecular complexity index is 3170. The summed E-state index contributed by atoms with van der Waals surface area (Å²) in [7, 11) is -4.47. The Morgan fingerprint density at radius 1 is 1.05 bits per heavy atom. The van der Waals surface area contributed by atoms with Crippen LogP contribution < -0.4 is 24.8 Å². The number of hydrogen-bond acceptors (Lipinski definition) is 19. The minimum Gasteiger partial charge on any atom is -0.778 e. The van der Waals surface area contributed by atoms with Crippen LogP contribution >= 0.6 is 53.9 Å². The Balaban J connectivity index is 0.000000374. The highest BCUT2D eigenvalue weighted by atomic mass is 35.5. The summed E-state index contributed by atoms with van der Waals surface area (Å²) >= 11 is 13.9. The molecule has 6 rings (SSSR count). The summed E-state index contributed by atoms with van der Waals surface area (Å²) in [5, 5.41) is 21.3. The number of ether oxygens (including phenoxy) is 2. The van der Waals surface area contributed by atoms with E-state index in [9.17, 15) is 65.9 Å². The van der Waals surface area contributed by atoms with Gasteiger partial charge in [-0.2, -0.15) is 0 Å². The summed E-state index contributed by atoms with van der Waals surface area (Å²) in [6, 6.07) is 11.5. The van der Waals surface area contributed by atoms with Crippen LogP contribution in [0.4, 0.5) is 21.5 Å². The van der Waals surface area contributed by atoms with Gasteiger partial charge in [-0.25, -0.2) is 22.5 Å². The summed E-state index contributed by atoms with van der Waals surface area (Å²) in [6.45, 7) is 7.41. The zero-order valence-corrected chi connectivity index (χ0v) is 51.6. The van der Waals surface area contributed by atoms with Crippen molar-refractivity contribution in [2.45, 2.75) is 88.2 Å². The number of carbonyl (C=O) groups excluding carboxylic acids is 5. The van der Waals surface area contributed by atoms with Crippen molar-refractivity contribution in [1.82, 2.24) is 14.7 Å². The molecule has 1 aliphatic carbocycles. The first kappa shape index (κ1) is 72.0. The van der Waals surface area contributed by atoms with Crippen molar-refractivity contribution in [3.8, 4) is 0 Å². The highest BCUT2D eigenvalue weighted by molar-refractivity contribution is 8.00. The summed E-state index contributed by atoms with van der Waals surface area (Å²) in [4.78, 5) is 116. The molecule has 1 aliphatic heterocycles. The van der Waals surface area contributed by atoms with E-state index in [-0.39, 0.29) is 56.9 Å². The van der Waals surface area contributed by atoms with Gasteiger partial charge in [-0.3, -0.25) is 53.7 Å². The van der Waals surface area contributed by atoms with E-state index in [0.29, 0.717) is 46.7 Å². The van der Waals surface area contributed by atoms with Crippen LogP contribution in [0, 0.1) is 28.8 Å². The smallest absolute Gasteiger partial charge is 0.325 e. The average molecular weight is 1270 g/mol. The Kier molecular flexibility index (Phi) is 30.6. The number of carbonyl (C=O) groups is 6. The maximum absolute atomic E-state index is 14.3. The van der Waals surface area contributed by atoms with Crippen LogP contribution in [0.15, 0.2) is 68.1 Å². The van der Waals surface area contributed by atoms with Gasteiger partial charge in [0.05, 0.1) is 83.2 Å². The lowest BCUT2D eigenvalue weighted by Crippen LogP contribution is -2.43. The zero-order chi connectivity index (χ0) is 61.5. The van der Waals surface area contributed by atoms with Crippen LogP contribution in [0.5, 0.6) is 0 Å². The number of hydrogen-bond donors (Lipinski definition) is 3. The van der Waals surface area contributed by atoms with Gasteiger partial charge in [0.2, 0.25) is 10.7 Å². The monoisotopic (exact) mass is 1270 g/mol. The lowest BCUT2D eigenvalue weighted by Gasteiger charge is -2.31. The number of halogens is 3. The number of ketones is 3. The second kappa shape index (κ2) is 34.5. The number of anilines is 1. The number of fused-ring (bicyclic) bond motifs is 1. The fourth-order valence-electron chi connectivity index (χ4n) is 7.51. The number of sulfone groups is 1. The van der Waals surface area contributed by atoms with Gasteiger partial charge in [-0.05, 0) is 97.2 Å². The second-order valence-electron chi connectivity index (χ2n) is 18.1. The molecule has 448 valence electrons. The third-order valence-corrected chi connectivity index (χ3v) is 15.3. The Labute approximate surface area is 489 Å². The molecule has 2 heterocycles. The molecule has 3 N–H and O–H groups in total. The number of nitrogens with zero attached hydrogens (tertiary/aromatic N) is 5. The van der Waals surface area contributed by atoms with Crippen molar-refractivity contribution < 1.29 is 75.4 Å². The van der Waals surface area contributed by atoms with Crippen molar-refractivity contribution in [2.75, 3.05) is 75.2 Å². The quantitative estimate of drug-likeness (QED) is 0.0123. The van der Waals surface area contributed by atoms with Gasteiger partial charge in [-0.15, -0.1) is 23.4 Å². The number of Topliss-reactive ketones (excluding diaryl/α,β-unsaturated/α-hetero) is 3. The fourth-order valence-corrected chi connectivity index (χ4v) is 10.7. The number of aromatic nitrogens is 2. The number of carboxylic acids is 1. The van der Waals surface area contributed by atoms with E-state index in [4.69, 9.17) is 37.9 Å². The number of nitro benzene ring substituents is 1. The molecule has 1 aromatic heterocycles. The third-order valence-electron chi connectivity index (χ3n) is 11.1. The fraction of sp³-hybridized carbons (Fsp3) is 0.480. The van der Waals surface area contributed by atoms with Crippen molar-refractivity contribution >= 4 is 127 Å². The van der Waals surface area contributed by atoms with Crippen molar-refractivity contribution in [3.63, 3.8) is 0 Å². The standard InChI is InChI=1S/C15H15ClFN3O3S2.C15H22ClNO2.C14H13NO7S.C3H8NO5P.C3H9S/c1-23-13(21)8-24-12-7-11(10(17)6-9(12)16)18-14-19-4-2-3-5-20(19)15(22)25-14;1-5-13-8-6-7-11(2)15(13)17(14(18)9-16)12(3)10-19-4;1-23(21,22)8-5-6-9(10(7-8)15(19)20)14(18)13-11(16)3-2-4-12(13)17;5-3(6)1-4-2-10(7,8)9;1-4(2)3/h6-7H,2-5,8H2,1H3;6-8,12H,5,9-10H2,1-4H3;5-7,13H,2-4H2,1H3;4H,1-2H2,(H,5,6)(H2,7,8,9);1-3H3/q;;;;+1/p-1. The van der Waals surface area contributed by atoms with Gasteiger partial charge < -0.3 is 33.8 Å². The van der Waals surface area contributed by atoms with Gasteiger partial charge in [0.25, 0.3) is 5.69 Å². The van der Waals surface area contributed by atoms with E-state index >= 15 is 0 Å². The van der Waals surface area contributed by atoms with Gasteiger partial charge in [-0.1, -0.05) is 36.7 Å². The van der Waals surface area contributed by atoms with Crippen LogP contribution in [0.25, 0.3) is 0 Å². The predicted octanol–water partition coefficient (Wildman–Crippen LogP) is 5.74. The minimum atomic E-state index is -4.35. The van der Waals surface area contributed by atoms with Crippen LogP contribution in [0.2, 0.25) is 5.02 Å². The van der Waals surface area contributed by atoms with Crippen molar-refractivity contribution in [1.29, 1.82) is 0 Å². The molecule has 23 nitrogen and oxygen atoms in total. The molecule has 0 bridgehead atoms. The molecule has 0 spiro atoms. The van der Waals surface area contributed by atoms with Crippen molar-refractivity contribution in [3.05, 3.63) is 101 Å². The first-order chi connectivity index (χ1) is 37.8. The number of thioether (sulfide) groups is 1. The second-order valence-corrected chi connectivity index (χ2v) is 26.8. The molecule has 2 aliphatic rings. The summed E-state index contributed by atoms with van der Waals surface area (Å²) in [6.07, 6.45) is 10.0. The number of carboxylic acid groups (broad SMARTS) is 1. The molecule has 81 heavy (non-hydrogen) atoms. The first-order valence-electron chi connectivity index (χ1n) is 24.4. The van der Waals surface area contributed by atoms with Gasteiger partial charge >= 0.3 is 16.8 Å². The molecule has 31 heteroatoms. The normalized spacial score (nSPS) is 14.4. The van der Waals surface area contributed by atoms with Gasteiger partial charge in [0.15, 0.2) is 27.2 Å². The molecule has 2 unspecified atom stereocenters. The lowest BCUT2D eigenvalue weighted by atomic mass is 9.81. The summed E-state index contributed by atoms with van der Waals surface area (Å²) in [5.74, 6) is -5.82. The lowest BCUT2D eigenvalue weighted by molar-refractivity contribution is -0.385. The molecule has 1 amide bonds. The van der Waals surface area contributed by atoms with Gasteiger partial charge in [0.1, 0.15) is 30.9 Å². The number of esters is 1. The number of aryl methyl sites for hydroxylation is 2. The van der Waals surface area contributed by atoms with E-state index < -0.39 is 87.5 Å². The molecule has 3 aromatic carbocycles. The molecule has 4 aromatic rings. The predicted molar refractivity (Wildman–Crippen MR) is 309 cm³/mol. The SMILES string of the molecule is CCc1cccc(C)c1N(C(=O)CCl)C(C)COC.COC(=O)CSc1cc(N=c2sc(=O)n3n2CCCC3)c(F)cc1Cl.CS(=O)(=O)c1ccc(C(=O)C2C(=O)CCCC2=O)c([N+](=O)[O-])c1.C[S+](C)C.O=C(O)CNCP(=O)([O-])O. The molecular weight excluding hydrogens is 1210 g/mol. The first-order valence-corrected chi connectivity index (χ1v) is 33.2. The number of aliphatic carboxylic acids is 1. The number of para-hydroxylation sites is 1. The Hall–Kier alpha value is -5.13. The van der Waals surface area contributed by atoms with E-state index in [1.807, 2.05) is 31.3 Å². The van der Waals surface area contributed by atoms with Crippen molar-refractivity contribution in [2.24, 2.45) is 10.9 Å². The summed E-state index contributed by atoms with van der Waals surface area (Å²) in [5.41, 5.74) is 2.13. The maximum Gasteiger partial charge on any atom is 0.325 e. The Morgan fingerprint density at radius 2 is 1.65 bits per heavy atom. The number of alkyl halides is 1. The number of amides is 1. The maximum atomic E-state index is 14.3.